The van der Waals surface area contributed by atoms with Crippen LogP contribution in [0.1, 0.15) is 109 Å². The van der Waals surface area contributed by atoms with Gasteiger partial charge in [0.05, 0.1) is 0 Å². The van der Waals surface area contributed by atoms with Gasteiger partial charge < -0.3 is 11.5 Å². The van der Waals surface area contributed by atoms with Crippen molar-refractivity contribution < 1.29 is 9.59 Å². The Morgan fingerprint density at radius 3 is 1.33 bits per heavy atom. The van der Waals surface area contributed by atoms with Gasteiger partial charge in [-0.25, -0.2) is 0 Å². The molecular formula is C20H38N2O2. The second-order valence-electron chi connectivity index (χ2n) is 7.71. The minimum absolute atomic E-state index is 0.0737. The lowest BCUT2D eigenvalue weighted by Crippen LogP contribution is -2.24. The minimum Gasteiger partial charge on any atom is -0.370 e. The highest BCUT2D eigenvalue weighted by atomic mass is 16.1. The van der Waals surface area contributed by atoms with E-state index in [1.807, 2.05) is 0 Å². The molecule has 0 aromatic heterocycles. The summed E-state index contributed by atoms with van der Waals surface area (Å²) in [5.74, 6) is -0.245. The van der Waals surface area contributed by atoms with E-state index in [0.717, 1.165) is 32.1 Å². The summed E-state index contributed by atoms with van der Waals surface area (Å²) < 4.78 is 0. The van der Waals surface area contributed by atoms with Crippen LogP contribution in [-0.2, 0) is 9.59 Å². The van der Waals surface area contributed by atoms with Gasteiger partial charge >= 0.3 is 0 Å². The molecule has 1 aliphatic carbocycles. The first-order chi connectivity index (χ1) is 11.6. The van der Waals surface area contributed by atoms with E-state index in [9.17, 15) is 9.59 Å². The van der Waals surface area contributed by atoms with Gasteiger partial charge in [0, 0.05) is 11.8 Å². The van der Waals surface area contributed by atoms with Crippen molar-refractivity contribution in [3.63, 3.8) is 0 Å². The summed E-state index contributed by atoms with van der Waals surface area (Å²) in [5, 5.41) is 0. The molecule has 2 amide bonds. The highest BCUT2D eigenvalue weighted by Gasteiger charge is 2.47. The number of unbranched alkanes of at least 4 members (excludes halogenated alkanes) is 12. The summed E-state index contributed by atoms with van der Waals surface area (Å²) in [6.45, 7) is 0. The summed E-state index contributed by atoms with van der Waals surface area (Å²) in [5.41, 5.74) is 10.5. The molecule has 4 heteroatoms. The Bertz CT molecular complexity index is 365. The topological polar surface area (TPSA) is 86.2 Å². The van der Waals surface area contributed by atoms with Gasteiger partial charge in [-0.05, 0) is 25.7 Å². The van der Waals surface area contributed by atoms with E-state index in [4.69, 9.17) is 11.5 Å². The number of primary amides is 2. The van der Waals surface area contributed by atoms with Crippen LogP contribution in [0, 0.1) is 5.41 Å². The van der Waals surface area contributed by atoms with Crippen molar-refractivity contribution in [1.29, 1.82) is 0 Å². The predicted octanol–water partition coefficient (Wildman–Crippen LogP) is 4.59. The number of rotatable bonds is 17. The van der Waals surface area contributed by atoms with Crippen LogP contribution in [0.2, 0.25) is 0 Å². The molecule has 0 unspecified atom stereocenters. The quantitative estimate of drug-likeness (QED) is 0.380. The van der Waals surface area contributed by atoms with E-state index in [2.05, 4.69) is 0 Å². The zero-order valence-electron chi connectivity index (χ0n) is 15.5. The Morgan fingerprint density at radius 1 is 0.625 bits per heavy atom. The van der Waals surface area contributed by atoms with Crippen LogP contribution in [0.4, 0.5) is 0 Å². The third kappa shape index (κ3) is 9.94. The molecule has 0 aromatic carbocycles. The summed E-state index contributed by atoms with van der Waals surface area (Å²) in [4.78, 5) is 21.9. The SMILES string of the molecule is NC(=O)CCCCCCCCCCCCCCCC1(C(N)=O)CC1. The number of carbonyl (C=O) groups is 2. The fourth-order valence-corrected chi connectivity index (χ4v) is 3.48. The summed E-state index contributed by atoms with van der Waals surface area (Å²) in [6, 6.07) is 0. The summed E-state index contributed by atoms with van der Waals surface area (Å²) in [6.07, 6.45) is 20.0. The van der Waals surface area contributed by atoms with Crippen molar-refractivity contribution >= 4 is 11.8 Å². The molecule has 0 radical (unpaired) electrons. The molecule has 24 heavy (non-hydrogen) atoms. The van der Waals surface area contributed by atoms with Gasteiger partial charge in [-0.1, -0.05) is 77.0 Å². The number of nitrogens with two attached hydrogens (primary N) is 2. The lowest BCUT2D eigenvalue weighted by atomic mass is 9.97. The van der Waals surface area contributed by atoms with Gasteiger partial charge in [0.2, 0.25) is 11.8 Å². The molecule has 0 aromatic rings. The van der Waals surface area contributed by atoms with Gasteiger partial charge in [0.25, 0.3) is 0 Å². The predicted molar refractivity (Wildman–Crippen MR) is 99.3 cm³/mol. The van der Waals surface area contributed by atoms with Gasteiger partial charge in [-0.15, -0.1) is 0 Å². The lowest BCUT2D eigenvalue weighted by Gasteiger charge is -2.09. The number of amides is 2. The molecule has 0 heterocycles. The van der Waals surface area contributed by atoms with Gasteiger partial charge in [0.15, 0.2) is 0 Å². The molecule has 0 saturated heterocycles. The first kappa shape index (κ1) is 21.0. The maximum absolute atomic E-state index is 11.3. The second kappa shape index (κ2) is 12.3. The number of carbonyl (C=O) groups excluding carboxylic acids is 2. The number of hydrogen-bond donors (Lipinski definition) is 2. The molecule has 1 fully saturated rings. The van der Waals surface area contributed by atoms with Gasteiger partial charge in [0.1, 0.15) is 0 Å². The standard InChI is InChI=1S/C20H38N2O2/c21-18(23)14-12-10-8-6-4-2-1-3-5-7-9-11-13-15-20(16-17-20)19(22)24/h1-17H2,(H2,21,23)(H2,22,24). The maximum atomic E-state index is 11.3. The molecular weight excluding hydrogens is 300 g/mol. The van der Waals surface area contributed by atoms with Crippen molar-refractivity contribution in [1.82, 2.24) is 0 Å². The lowest BCUT2D eigenvalue weighted by molar-refractivity contribution is -0.123. The molecule has 0 aliphatic heterocycles. The van der Waals surface area contributed by atoms with Crippen LogP contribution in [0.15, 0.2) is 0 Å². The Balaban J connectivity index is 1.72. The Hall–Kier alpha value is -1.06. The second-order valence-corrected chi connectivity index (χ2v) is 7.71. The molecule has 1 aliphatic rings. The fourth-order valence-electron chi connectivity index (χ4n) is 3.48. The van der Waals surface area contributed by atoms with Crippen LogP contribution in [0.3, 0.4) is 0 Å². The van der Waals surface area contributed by atoms with E-state index < -0.39 is 0 Å². The van der Waals surface area contributed by atoms with E-state index in [0.29, 0.717) is 6.42 Å². The zero-order valence-corrected chi connectivity index (χ0v) is 15.5. The molecule has 1 saturated carbocycles. The first-order valence-corrected chi connectivity index (χ1v) is 10.1. The Labute approximate surface area is 148 Å². The molecule has 4 nitrogen and oxygen atoms in total. The van der Waals surface area contributed by atoms with Crippen molar-refractivity contribution in [2.24, 2.45) is 16.9 Å². The molecule has 0 atom stereocenters. The van der Waals surface area contributed by atoms with Crippen molar-refractivity contribution in [3.8, 4) is 0 Å². The summed E-state index contributed by atoms with van der Waals surface area (Å²) in [7, 11) is 0. The summed E-state index contributed by atoms with van der Waals surface area (Å²) >= 11 is 0. The van der Waals surface area contributed by atoms with E-state index in [1.54, 1.807) is 0 Å². The smallest absolute Gasteiger partial charge is 0.223 e. The average molecular weight is 339 g/mol. The van der Waals surface area contributed by atoms with Crippen molar-refractivity contribution in [3.05, 3.63) is 0 Å². The molecule has 140 valence electrons. The van der Waals surface area contributed by atoms with E-state index in [-0.39, 0.29) is 17.2 Å². The highest BCUT2D eigenvalue weighted by molar-refractivity contribution is 5.83. The molecule has 1 rings (SSSR count). The third-order valence-corrected chi connectivity index (χ3v) is 5.45. The molecule has 4 N–H and O–H groups in total. The van der Waals surface area contributed by atoms with Crippen molar-refractivity contribution in [2.75, 3.05) is 0 Å². The molecule has 0 spiro atoms. The fraction of sp³-hybridized carbons (Fsp3) is 0.900. The third-order valence-electron chi connectivity index (χ3n) is 5.45. The van der Waals surface area contributed by atoms with E-state index >= 15 is 0 Å². The normalized spacial score (nSPS) is 15.3. The largest absolute Gasteiger partial charge is 0.370 e. The van der Waals surface area contributed by atoms with Crippen LogP contribution in [0.25, 0.3) is 0 Å². The van der Waals surface area contributed by atoms with Crippen molar-refractivity contribution in [2.45, 2.75) is 109 Å². The monoisotopic (exact) mass is 338 g/mol. The molecule has 0 bridgehead atoms. The van der Waals surface area contributed by atoms with Crippen LogP contribution < -0.4 is 11.5 Å². The van der Waals surface area contributed by atoms with Gasteiger partial charge in [-0.2, -0.15) is 0 Å². The zero-order chi connectivity index (χ0) is 17.7. The van der Waals surface area contributed by atoms with Crippen LogP contribution in [0.5, 0.6) is 0 Å². The first-order valence-electron chi connectivity index (χ1n) is 10.1. The van der Waals surface area contributed by atoms with Gasteiger partial charge in [-0.3, -0.25) is 9.59 Å². The minimum atomic E-state index is -0.171. The Kier molecular flexibility index (Phi) is 10.8. The average Bonchev–Trinajstić information content (AvgIpc) is 3.32. The highest BCUT2D eigenvalue weighted by Crippen LogP contribution is 2.49. The number of hydrogen-bond acceptors (Lipinski definition) is 2. The van der Waals surface area contributed by atoms with Crippen LogP contribution >= 0.6 is 0 Å². The maximum Gasteiger partial charge on any atom is 0.223 e. The van der Waals surface area contributed by atoms with E-state index in [1.165, 1.54) is 70.6 Å². The Morgan fingerprint density at radius 2 is 1.00 bits per heavy atom. The van der Waals surface area contributed by atoms with Crippen LogP contribution in [-0.4, -0.2) is 11.8 Å².